The molecule has 1 saturated heterocycles. The summed E-state index contributed by atoms with van der Waals surface area (Å²) in [7, 11) is -2.29. The molecule has 1 aromatic carbocycles. The van der Waals surface area contributed by atoms with Gasteiger partial charge >= 0.3 is 0 Å². The first-order valence-electron chi connectivity index (χ1n) is 9.17. The number of aryl methyl sites for hydroxylation is 1. The number of carbonyl (C=O) groups is 1. The smallest absolute Gasteiger partial charge is 0.284 e. The highest BCUT2D eigenvalue weighted by atomic mass is 32.2. The fraction of sp³-hybridized carbons (Fsp3) is 0.421. The molecule has 1 aliphatic rings. The summed E-state index contributed by atoms with van der Waals surface area (Å²) in [5.41, 5.74) is 6.83. The van der Waals surface area contributed by atoms with Gasteiger partial charge < -0.3 is 20.0 Å². The average molecular weight is 423 g/mol. The van der Waals surface area contributed by atoms with Crippen molar-refractivity contribution in [3.8, 4) is 5.75 Å². The van der Waals surface area contributed by atoms with Crippen LogP contribution in [0.1, 0.15) is 27.8 Å². The highest BCUT2D eigenvalue weighted by Gasteiger charge is 2.32. The van der Waals surface area contributed by atoms with Gasteiger partial charge in [-0.15, -0.1) is 0 Å². The lowest BCUT2D eigenvalue weighted by molar-refractivity contribution is 0.0900. The van der Waals surface area contributed by atoms with Crippen molar-refractivity contribution in [2.24, 2.45) is 5.73 Å². The third-order valence-corrected chi connectivity index (χ3v) is 6.70. The van der Waals surface area contributed by atoms with Crippen LogP contribution in [0.4, 0.5) is 0 Å². The zero-order valence-electron chi connectivity index (χ0n) is 16.4. The Bertz CT molecular complexity index is 980. The van der Waals surface area contributed by atoms with E-state index in [4.69, 9.17) is 14.9 Å². The number of sulfonamides is 1. The average Bonchev–Trinajstić information content (AvgIpc) is 3.20. The van der Waals surface area contributed by atoms with Gasteiger partial charge in [-0.05, 0) is 31.2 Å². The van der Waals surface area contributed by atoms with Crippen LogP contribution < -0.4 is 10.5 Å². The first-order chi connectivity index (χ1) is 13.7. The molecule has 9 nitrogen and oxygen atoms in total. The number of carbonyl (C=O) groups excluding carboxylic acids is 1. The lowest BCUT2D eigenvalue weighted by Gasteiger charge is -2.34. The summed E-state index contributed by atoms with van der Waals surface area (Å²) in [6.45, 7) is 3.69. The first-order valence-corrected chi connectivity index (χ1v) is 10.6. The van der Waals surface area contributed by atoms with Crippen molar-refractivity contribution >= 4 is 15.9 Å². The molecule has 1 aliphatic heterocycles. The maximum Gasteiger partial charge on any atom is 0.284 e. The SMILES string of the molecule is COc1ccc(C)cc1[C@@H](O)CN1CCN(S(=O)(=O)c2ccc(C(N)=O)o2)CC1. The molecular weight excluding hydrogens is 398 g/mol. The van der Waals surface area contributed by atoms with Crippen LogP contribution in [0.25, 0.3) is 0 Å². The van der Waals surface area contributed by atoms with Crippen molar-refractivity contribution in [3.05, 3.63) is 47.2 Å². The second kappa shape index (κ2) is 8.54. The van der Waals surface area contributed by atoms with Crippen LogP contribution in [0.5, 0.6) is 5.75 Å². The summed E-state index contributed by atoms with van der Waals surface area (Å²) in [5.74, 6) is -0.401. The van der Waals surface area contributed by atoms with E-state index in [1.54, 1.807) is 7.11 Å². The largest absolute Gasteiger partial charge is 0.496 e. The predicted molar refractivity (Wildman–Crippen MR) is 105 cm³/mol. The van der Waals surface area contributed by atoms with E-state index in [0.29, 0.717) is 30.9 Å². The molecule has 0 aliphatic carbocycles. The number of β-amino-alcohol motifs (C(OH)–C–C–N with tert-alkyl or cyclic N) is 1. The fourth-order valence-corrected chi connectivity index (χ4v) is 4.66. The summed E-state index contributed by atoms with van der Waals surface area (Å²) in [6.07, 6.45) is -0.754. The molecule has 0 unspecified atom stereocenters. The van der Waals surface area contributed by atoms with Crippen molar-refractivity contribution in [1.29, 1.82) is 0 Å². The molecule has 0 bridgehead atoms. The van der Waals surface area contributed by atoms with E-state index in [1.807, 2.05) is 30.0 Å². The van der Waals surface area contributed by atoms with E-state index in [-0.39, 0.29) is 23.9 Å². The second-order valence-corrected chi connectivity index (χ2v) is 8.82. The van der Waals surface area contributed by atoms with Crippen LogP contribution in [0.15, 0.2) is 39.8 Å². The molecule has 10 heteroatoms. The molecule has 1 amide bonds. The number of nitrogens with two attached hydrogens (primary N) is 1. The van der Waals surface area contributed by atoms with Crippen molar-refractivity contribution in [1.82, 2.24) is 9.21 Å². The number of furan rings is 1. The predicted octanol–water partition coefficient (Wildman–Crippen LogP) is 0.735. The van der Waals surface area contributed by atoms with Crippen molar-refractivity contribution in [2.45, 2.75) is 18.1 Å². The minimum atomic E-state index is -3.85. The van der Waals surface area contributed by atoms with Gasteiger partial charge in [-0.25, -0.2) is 8.42 Å². The lowest BCUT2D eigenvalue weighted by Crippen LogP contribution is -2.49. The van der Waals surface area contributed by atoms with E-state index in [9.17, 15) is 18.3 Å². The molecule has 0 radical (unpaired) electrons. The summed E-state index contributed by atoms with van der Waals surface area (Å²) in [4.78, 5) is 13.1. The first kappa shape index (κ1) is 21.3. The van der Waals surface area contributed by atoms with E-state index in [0.717, 1.165) is 5.56 Å². The Morgan fingerprint density at radius 2 is 1.93 bits per heavy atom. The number of rotatable bonds is 7. The highest BCUT2D eigenvalue weighted by molar-refractivity contribution is 7.89. The van der Waals surface area contributed by atoms with Crippen molar-refractivity contribution in [2.75, 3.05) is 39.8 Å². The summed E-state index contributed by atoms with van der Waals surface area (Å²) in [5, 5.41) is 10.4. The van der Waals surface area contributed by atoms with Gasteiger partial charge in [-0.2, -0.15) is 4.31 Å². The summed E-state index contributed by atoms with van der Waals surface area (Å²) < 4.78 is 37.1. The van der Waals surface area contributed by atoms with E-state index < -0.39 is 22.0 Å². The number of aliphatic hydroxyl groups is 1. The standard InChI is InChI=1S/C19H25N3O6S/c1-13-3-4-16(27-2)14(11-13)15(23)12-21-7-9-22(10-8-21)29(25,26)18-6-5-17(28-18)19(20)24/h3-6,11,15,23H,7-10,12H2,1-2H3,(H2,20,24)/t15-/m0/s1. The number of benzene rings is 1. The van der Waals surface area contributed by atoms with Gasteiger partial charge in [0.2, 0.25) is 5.09 Å². The number of ether oxygens (including phenoxy) is 1. The lowest BCUT2D eigenvalue weighted by atomic mass is 10.0. The maximum atomic E-state index is 12.7. The Hall–Kier alpha value is -2.40. The van der Waals surface area contributed by atoms with Gasteiger partial charge in [0.05, 0.1) is 13.2 Å². The van der Waals surface area contributed by atoms with Crippen LogP contribution in [0.2, 0.25) is 0 Å². The third-order valence-electron chi connectivity index (χ3n) is 4.92. The molecule has 3 N–H and O–H groups in total. The normalized spacial score (nSPS) is 17.2. The topological polar surface area (TPSA) is 126 Å². The van der Waals surface area contributed by atoms with Crippen LogP contribution in [0, 0.1) is 6.92 Å². The zero-order valence-corrected chi connectivity index (χ0v) is 17.2. The number of nitrogens with zero attached hydrogens (tertiary/aromatic N) is 2. The molecule has 1 atom stereocenters. The molecule has 158 valence electrons. The monoisotopic (exact) mass is 423 g/mol. The quantitative estimate of drug-likeness (QED) is 0.672. The van der Waals surface area contributed by atoms with Gasteiger partial charge in [0.15, 0.2) is 5.76 Å². The van der Waals surface area contributed by atoms with Crippen molar-refractivity contribution in [3.63, 3.8) is 0 Å². The second-order valence-electron chi connectivity index (χ2n) is 6.95. The van der Waals surface area contributed by atoms with Gasteiger partial charge in [-0.1, -0.05) is 11.6 Å². The van der Waals surface area contributed by atoms with Gasteiger partial charge in [0, 0.05) is 38.3 Å². The number of aliphatic hydroxyl groups excluding tert-OH is 1. The summed E-state index contributed by atoms with van der Waals surface area (Å²) in [6, 6.07) is 8.10. The number of methoxy groups -OCH3 is 1. The van der Waals surface area contributed by atoms with Crippen LogP contribution in [-0.2, 0) is 10.0 Å². The Kier molecular flexibility index (Phi) is 6.27. The minimum Gasteiger partial charge on any atom is -0.496 e. The van der Waals surface area contributed by atoms with Crippen LogP contribution in [-0.4, -0.2) is 68.5 Å². The molecule has 1 aromatic heterocycles. The molecule has 0 spiro atoms. The van der Waals surface area contributed by atoms with Gasteiger partial charge in [0.1, 0.15) is 5.75 Å². The Balaban J connectivity index is 1.63. The molecule has 29 heavy (non-hydrogen) atoms. The molecule has 2 heterocycles. The molecule has 0 saturated carbocycles. The Labute approximate surface area is 169 Å². The highest BCUT2D eigenvalue weighted by Crippen LogP contribution is 2.27. The summed E-state index contributed by atoms with van der Waals surface area (Å²) >= 11 is 0. The minimum absolute atomic E-state index is 0.197. The van der Waals surface area contributed by atoms with Crippen LogP contribution >= 0.6 is 0 Å². The van der Waals surface area contributed by atoms with E-state index in [1.165, 1.54) is 16.4 Å². The molecular formula is C19H25N3O6S. The fourth-order valence-electron chi connectivity index (χ4n) is 3.33. The molecule has 1 fully saturated rings. The van der Waals surface area contributed by atoms with Crippen molar-refractivity contribution < 1.29 is 27.5 Å². The Morgan fingerprint density at radius 1 is 1.24 bits per heavy atom. The maximum absolute atomic E-state index is 12.7. The Morgan fingerprint density at radius 3 is 2.52 bits per heavy atom. The van der Waals surface area contributed by atoms with Crippen LogP contribution in [0.3, 0.4) is 0 Å². The van der Waals surface area contributed by atoms with E-state index in [2.05, 4.69) is 0 Å². The molecule has 3 rings (SSSR count). The third kappa shape index (κ3) is 4.61. The number of hydrogen-bond acceptors (Lipinski definition) is 7. The van der Waals surface area contributed by atoms with E-state index >= 15 is 0 Å². The number of piperazine rings is 1. The number of hydrogen-bond donors (Lipinski definition) is 2. The molecule has 2 aromatic rings. The van der Waals surface area contributed by atoms with Gasteiger partial charge in [-0.3, -0.25) is 9.69 Å². The number of primary amides is 1. The zero-order chi connectivity index (χ0) is 21.2. The van der Waals surface area contributed by atoms with Gasteiger partial charge in [0.25, 0.3) is 15.9 Å². The number of amides is 1.